The van der Waals surface area contributed by atoms with Crippen LogP contribution in [0.5, 0.6) is 0 Å². The van der Waals surface area contributed by atoms with Gasteiger partial charge in [0.1, 0.15) is 6.04 Å². The maximum Gasteiger partial charge on any atom is 0.327 e. The van der Waals surface area contributed by atoms with E-state index in [9.17, 15) is 9.59 Å². The van der Waals surface area contributed by atoms with Crippen molar-refractivity contribution in [2.45, 2.75) is 25.5 Å². The first-order valence-corrected chi connectivity index (χ1v) is 6.59. The first-order chi connectivity index (χ1) is 7.93. The maximum absolute atomic E-state index is 12.0. The van der Waals surface area contributed by atoms with Gasteiger partial charge in [-0.25, -0.2) is 9.59 Å². The molecule has 0 saturated carbocycles. The molecule has 6 nitrogen and oxygen atoms in total. The van der Waals surface area contributed by atoms with Gasteiger partial charge in [0, 0.05) is 19.3 Å². The second-order valence-corrected chi connectivity index (χ2v) is 5.17. The van der Waals surface area contributed by atoms with Crippen molar-refractivity contribution in [3.63, 3.8) is 0 Å². The van der Waals surface area contributed by atoms with Crippen LogP contribution >= 0.6 is 11.8 Å². The molecule has 1 saturated heterocycles. The molecular formula is C10H18N2O4S. The average molecular weight is 262 g/mol. The molecule has 2 atom stereocenters. The molecular weight excluding hydrogens is 244 g/mol. The molecule has 1 rings (SSSR count). The van der Waals surface area contributed by atoms with E-state index in [-0.39, 0.29) is 6.03 Å². The zero-order valence-electron chi connectivity index (χ0n) is 10.00. The van der Waals surface area contributed by atoms with Crippen LogP contribution in [0.4, 0.5) is 4.79 Å². The number of aliphatic hydroxyl groups is 1. The van der Waals surface area contributed by atoms with Gasteiger partial charge < -0.3 is 20.0 Å². The van der Waals surface area contributed by atoms with Crippen LogP contribution in [0.3, 0.4) is 0 Å². The van der Waals surface area contributed by atoms with Crippen LogP contribution in [0.1, 0.15) is 13.3 Å². The molecule has 7 heteroatoms. The predicted molar refractivity (Wildman–Crippen MR) is 64.9 cm³/mol. The van der Waals surface area contributed by atoms with Gasteiger partial charge in [0.25, 0.3) is 0 Å². The lowest BCUT2D eigenvalue weighted by molar-refractivity contribution is -0.140. The second-order valence-electron chi connectivity index (χ2n) is 4.17. The van der Waals surface area contributed by atoms with Gasteiger partial charge in [0.2, 0.25) is 0 Å². The number of rotatable bonds is 4. The summed E-state index contributed by atoms with van der Waals surface area (Å²) < 4.78 is 0. The zero-order valence-corrected chi connectivity index (χ0v) is 10.8. The Labute approximate surface area is 105 Å². The van der Waals surface area contributed by atoms with Crippen molar-refractivity contribution in [3.05, 3.63) is 0 Å². The van der Waals surface area contributed by atoms with Crippen LogP contribution in [0.2, 0.25) is 0 Å². The molecule has 0 bridgehead atoms. The Kier molecular flexibility index (Phi) is 5.07. The molecule has 0 aromatic heterocycles. The van der Waals surface area contributed by atoms with E-state index < -0.39 is 18.1 Å². The number of carboxylic acids is 1. The monoisotopic (exact) mass is 262 g/mol. The third kappa shape index (κ3) is 3.78. The quantitative estimate of drug-likeness (QED) is 0.760. The van der Waals surface area contributed by atoms with Crippen molar-refractivity contribution in [1.82, 2.24) is 9.80 Å². The average Bonchev–Trinajstić information content (AvgIpc) is 2.73. The van der Waals surface area contributed by atoms with Crippen LogP contribution < -0.4 is 0 Å². The smallest absolute Gasteiger partial charge is 0.327 e. The number of thioether (sulfide) groups is 1. The Balaban J connectivity index is 2.53. The number of aliphatic carboxylic acids is 1. The summed E-state index contributed by atoms with van der Waals surface area (Å²) in [6, 6.07) is -1.02. The molecule has 1 unspecified atom stereocenters. The Bertz CT molecular complexity index is 298. The van der Waals surface area contributed by atoms with Gasteiger partial charge in [-0.2, -0.15) is 0 Å². The topological polar surface area (TPSA) is 81.1 Å². The number of aliphatic hydroxyl groups excluding tert-OH is 1. The number of carbonyl (C=O) groups is 2. The lowest BCUT2D eigenvalue weighted by Crippen LogP contribution is -2.47. The van der Waals surface area contributed by atoms with E-state index in [1.54, 1.807) is 14.0 Å². The van der Waals surface area contributed by atoms with Gasteiger partial charge in [-0.05, 0) is 13.3 Å². The predicted octanol–water partition coefficient (Wildman–Crippen LogP) is 0.269. The molecule has 0 aromatic carbocycles. The van der Waals surface area contributed by atoms with Crippen LogP contribution in [-0.2, 0) is 4.79 Å². The highest BCUT2D eigenvalue weighted by atomic mass is 32.2. The summed E-state index contributed by atoms with van der Waals surface area (Å²) in [5.41, 5.74) is 0. The molecule has 0 aromatic rings. The van der Waals surface area contributed by atoms with Gasteiger partial charge in [0.15, 0.2) is 0 Å². The summed E-state index contributed by atoms with van der Waals surface area (Å²) in [5, 5.41) is 18.1. The number of urea groups is 1. The molecule has 0 aliphatic carbocycles. The minimum absolute atomic E-state index is 0.289. The summed E-state index contributed by atoms with van der Waals surface area (Å²) in [6.07, 6.45) is 0.0227. The normalized spacial score (nSPS) is 21.4. The standard InChI is InChI=1S/C10H18N2O4S/c1-7(13)3-4-11(2)10(16)12-6-17-5-8(12)9(14)15/h7-8,13H,3-6H2,1-2H3,(H,14,15)/t7?,8-/m0/s1. The largest absolute Gasteiger partial charge is 0.480 e. The van der Waals surface area contributed by atoms with Crippen molar-refractivity contribution < 1.29 is 19.8 Å². The zero-order chi connectivity index (χ0) is 13.0. The SMILES string of the molecule is CC(O)CCN(C)C(=O)N1CSC[C@H]1C(=O)O. The maximum atomic E-state index is 12.0. The summed E-state index contributed by atoms with van der Waals surface area (Å²) in [5.74, 6) is -0.118. The van der Waals surface area contributed by atoms with Crippen molar-refractivity contribution >= 4 is 23.8 Å². The Morgan fingerprint density at radius 1 is 1.59 bits per heavy atom. The van der Waals surface area contributed by atoms with Crippen LogP contribution in [-0.4, -0.2) is 69.4 Å². The van der Waals surface area contributed by atoms with E-state index >= 15 is 0 Å². The third-order valence-electron chi connectivity index (χ3n) is 2.62. The van der Waals surface area contributed by atoms with Crippen LogP contribution in [0.15, 0.2) is 0 Å². The fraction of sp³-hybridized carbons (Fsp3) is 0.800. The van der Waals surface area contributed by atoms with Gasteiger partial charge >= 0.3 is 12.0 Å². The highest BCUT2D eigenvalue weighted by molar-refractivity contribution is 7.99. The molecule has 1 fully saturated rings. The van der Waals surface area contributed by atoms with Gasteiger partial charge in [0.05, 0.1) is 12.0 Å². The van der Waals surface area contributed by atoms with E-state index in [0.29, 0.717) is 24.6 Å². The van der Waals surface area contributed by atoms with E-state index in [0.717, 1.165) is 0 Å². The highest BCUT2D eigenvalue weighted by Gasteiger charge is 2.35. The van der Waals surface area contributed by atoms with E-state index in [1.165, 1.54) is 21.6 Å². The Hall–Kier alpha value is -0.950. The first-order valence-electron chi connectivity index (χ1n) is 5.44. The highest BCUT2D eigenvalue weighted by Crippen LogP contribution is 2.22. The molecule has 0 radical (unpaired) electrons. The first kappa shape index (κ1) is 14.1. The minimum atomic E-state index is -0.965. The van der Waals surface area contributed by atoms with E-state index in [1.807, 2.05) is 0 Å². The van der Waals surface area contributed by atoms with Crippen molar-refractivity contribution in [2.75, 3.05) is 25.2 Å². The summed E-state index contributed by atoms with van der Waals surface area (Å²) in [4.78, 5) is 25.7. The Morgan fingerprint density at radius 3 is 2.76 bits per heavy atom. The fourth-order valence-electron chi connectivity index (χ4n) is 1.53. The number of hydrogen-bond acceptors (Lipinski definition) is 4. The van der Waals surface area contributed by atoms with Gasteiger partial charge in [-0.1, -0.05) is 0 Å². The van der Waals surface area contributed by atoms with Gasteiger partial charge in [-0.3, -0.25) is 0 Å². The molecule has 2 amide bonds. The number of amides is 2. The molecule has 1 heterocycles. The number of hydrogen-bond donors (Lipinski definition) is 2. The Morgan fingerprint density at radius 2 is 2.24 bits per heavy atom. The van der Waals surface area contributed by atoms with Crippen molar-refractivity contribution in [1.29, 1.82) is 0 Å². The molecule has 2 N–H and O–H groups in total. The van der Waals surface area contributed by atoms with Crippen molar-refractivity contribution in [3.8, 4) is 0 Å². The number of carbonyl (C=O) groups excluding carboxylic acids is 1. The summed E-state index contributed by atoms with van der Waals surface area (Å²) in [6.45, 7) is 2.08. The summed E-state index contributed by atoms with van der Waals surface area (Å²) >= 11 is 1.44. The molecule has 0 spiro atoms. The lowest BCUT2D eigenvalue weighted by Gasteiger charge is -2.27. The van der Waals surface area contributed by atoms with E-state index in [2.05, 4.69) is 0 Å². The summed E-state index contributed by atoms with van der Waals surface area (Å²) in [7, 11) is 1.62. The molecule has 98 valence electrons. The van der Waals surface area contributed by atoms with Crippen LogP contribution in [0, 0.1) is 0 Å². The van der Waals surface area contributed by atoms with Gasteiger partial charge in [-0.15, -0.1) is 11.8 Å². The number of carboxylic acid groups (broad SMARTS) is 1. The molecule has 1 aliphatic rings. The minimum Gasteiger partial charge on any atom is -0.480 e. The molecule has 1 aliphatic heterocycles. The fourth-order valence-corrected chi connectivity index (χ4v) is 2.67. The van der Waals surface area contributed by atoms with E-state index in [4.69, 9.17) is 10.2 Å². The van der Waals surface area contributed by atoms with Crippen LogP contribution in [0.25, 0.3) is 0 Å². The van der Waals surface area contributed by atoms with Crippen molar-refractivity contribution in [2.24, 2.45) is 0 Å². The lowest BCUT2D eigenvalue weighted by atomic mass is 10.3. The third-order valence-corrected chi connectivity index (χ3v) is 3.63. The number of nitrogens with zero attached hydrogens (tertiary/aromatic N) is 2. The molecule has 17 heavy (non-hydrogen) atoms. The second kappa shape index (κ2) is 6.11.